The summed E-state index contributed by atoms with van der Waals surface area (Å²) in [5.41, 5.74) is 7.34. The number of hydrogen-bond acceptors (Lipinski definition) is 4. The average molecular weight is 403 g/mol. The van der Waals surface area contributed by atoms with Crippen LogP contribution >= 0.6 is 0 Å². The smallest absolute Gasteiger partial charge is 0.228 e. The summed E-state index contributed by atoms with van der Waals surface area (Å²) < 4.78 is 0. The minimum Gasteiger partial charge on any atom is -0.369 e. The van der Waals surface area contributed by atoms with Crippen molar-refractivity contribution in [3.63, 3.8) is 0 Å². The van der Waals surface area contributed by atoms with Crippen molar-refractivity contribution in [1.82, 2.24) is 9.88 Å². The number of nitrogens with zero attached hydrogens (tertiary/aromatic N) is 3. The molecular formula is C25H30N4O. The Morgan fingerprint density at radius 1 is 1.03 bits per heavy atom. The van der Waals surface area contributed by atoms with Crippen LogP contribution in [0, 0.1) is 20.8 Å². The summed E-state index contributed by atoms with van der Waals surface area (Å²) in [5.74, 6) is -0.00923. The maximum Gasteiger partial charge on any atom is 0.228 e. The van der Waals surface area contributed by atoms with Gasteiger partial charge >= 0.3 is 0 Å². The lowest BCUT2D eigenvalue weighted by atomic mass is 9.99. The lowest BCUT2D eigenvalue weighted by Gasteiger charge is -2.35. The SMILES string of the molecule is Cc1cc(NC(=O)Cc2c(C)nc3ccccc3c2C)ccc1N1CCN(C)CC1. The Morgan fingerprint density at radius 3 is 2.50 bits per heavy atom. The van der Waals surface area contributed by atoms with E-state index >= 15 is 0 Å². The second-order valence-corrected chi connectivity index (χ2v) is 8.33. The molecule has 1 aliphatic heterocycles. The molecule has 1 fully saturated rings. The number of hydrogen-bond donors (Lipinski definition) is 1. The Hall–Kier alpha value is -2.92. The van der Waals surface area contributed by atoms with Crippen LogP contribution < -0.4 is 10.2 Å². The van der Waals surface area contributed by atoms with E-state index in [0.29, 0.717) is 6.42 Å². The second-order valence-electron chi connectivity index (χ2n) is 8.33. The summed E-state index contributed by atoms with van der Waals surface area (Å²) in [5, 5.41) is 4.19. The number of aryl methyl sites for hydroxylation is 3. The first-order valence-corrected chi connectivity index (χ1v) is 10.6. The Balaban J connectivity index is 1.48. The van der Waals surface area contributed by atoms with E-state index in [-0.39, 0.29) is 5.91 Å². The van der Waals surface area contributed by atoms with Gasteiger partial charge in [0.25, 0.3) is 0 Å². The van der Waals surface area contributed by atoms with E-state index in [9.17, 15) is 4.79 Å². The maximum absolute atomic E-state index is 12.8. The third kappa shape index (κ3) is 4.17. The predicted octanol–water partition coefficient (Wildman–Crippen LogP) is 4.09. The van der Waals surface area contributed by atoms with Crippen LogP contribution in [0.25, 0.3) is 10.9 Å². The zero-order valence-electron chi connectivity index (χ0n) is 18.3. The van der Waals surface area contributed by atoms with Crippen molar-refractivity contribution in [2.24, 2.45) is 0 Å². The van der Waals surface area contributed by atoms with Gasteiger partial charge in [0.1, 0.15) is 0 Å². The van der Waals surface area contributed by atoms with Crippen LogP contribution in [0.3, 0.4) is 0 Å². The minimum absolute atomic E-state index is 0.00923. The Bertz CT molecular complexity index is 1080. The Kier molecular flexibility index (Phi) is 5.73. The number of piperazine rings is 1. The molecule has 30 heavy (non-hydrogen) atoms. The molecule has 0 radical (unpaired) electrons. The molecule has 1 saturated heterocycles. The second kappa shape index (κ2) is 8.44. The predicted molar refractivity (Wildman–Crippen MR) is 124 cm³/mol. The monoisotopic (exact) mass is 402 g/mol. The number of fused-ring (bicyclic) bond motifs is 1. The van der Waals surface area contributed by atoms with E-state index in [0.717, 1.165) is 59.6 Å². The number of carbonyl (C=O) groups is 1. The summed E-state index contributed by atoms with van der Waals surface area (Å²) >= 11 is 0. The number of para-hydroxylation sites is 1. The Labute approximate surface area is 178 Å². The number of pyridine rings is 1. The van der Waals surface area contributed by atoms with Crippen LogP contribution in [0.4, 0.5) is 11.4 Å². The number of anilines is 2. The van der Waals surface area contributed by atoms with Crippen LogP contribution in [-0.2, 0) is 11.2 Å². The van der Waals surface area contributed by atoms with E-state index in [1.165, 1.54) is 11.3 Å². The topological polar surface area (TPSA) is 48.5 Å². The third-order valence-electron chi connectivity index (χ3n) is 6.15. The summed E-state index contributed by atoms with van der Waals surface area (Å²) in [6.45, 7) is 10.4. The number of carbonyl (C=O) groups excluding carboxylic acids is 1. The largest absolute Gasteiger partial charge is 0.369 e. The number of nitrogens with one attached hydrogen (secondary N) is 1. The van der Waals surface area contributed by atoms with Crippen molar-refractivity contribution < 1.29 is 4.79 Å². The van der Waals surface area contributed by atoms with Gasteiger partial charge in [0.2, 0.25) is 5.91 Å². The zero-order valence-corrected chi connectivity index (χ0v) is 18.3. The van der Waals surface area contributed by atoms with Crippen molar-refractivity contribution >= 4 is 28.2 Å². The molecule has 2 heterocycles. The first kappa shape index (κ1) is 20.4. The lowest BCUT2D eigenvalue weighted by molar-refractivity contribution is -0.115. The molecule has 3 aromatic rings. The van der Waals surface area contributed by atoms with E-state index in [4.69, 9.17) is 4.98 Å². The lowest BCUT2D eigenvalue weighted by Crippen LogP contribution is -2.44. The van der Waals surface area contributed by atoms with E-state index in [2.05, 4.69) is 54.2 Å². The van der Waals surface area contributed by atoms with Crippen LogP contribution in [0.15, 0.2) is 42.5 Å². The van der Waals surface area contributed by atoms with Gasteiger partial charge in [-0.1, -0.05) is 18.2 Å². The first-order chi connectivity index (χ1) is 14.4. The molecule has 156 valence electrons. The standard InChI is InChI=1S/C25H30N4O/c1-17-15-20(9-10-24(17)29-13-11-28(4)12-14-29)27-25(30)16-22-18(2)21-7-5-6-8-23(21)26-19(22)3/h5-10,15H,11-14,16H2,1-4H3,(H,27,30). The van der Waals surface area contributed by atoms with Gasteiger partial charge in [0, 0.05) is 48.6 Å². The van der Waals surface area contributed by atoms with E-state index < -0.39 is 0 Å². The highest BCUT2D eigenvalue weighted by Crippen LogP contribution is 2.26. The minimum atomic E-state index is -0.00923. The van der Waals surface area contributed by atoms with Gasteiger partial charge in [-0.25, -0.2) is 0 Å². The molecule has 0 aliphatic carbocycles. The average Bonchev–Trinajstić information content (AvgIpc) is 2.72. The molecule has 1 aliphatic rings. The summed E-state index contributed by atoms with van der Waals surface area (Å²) in [6.07, 6.45) is 0.328. The molecule has 0 atom stereocenters. The van der Waals surface area contributed by atoms with Crippen molar-refractivity contribution in [2.45, 2.75) is 27.2 Å². The highest BCUT2D eigenvalue weighted by atomic mass is 16.1. The highest BCUT2D eigenvalue weighted by molar-refractivity contribution is 5.94. The molecule has 0 saturated carbocycles. The van der Waals surface area contributed by atoms with Crippen LogP contribution in [0.2, 0.25) is 0 Å². The third-order valence-corrected chi connectivity index (χ3v) is 6.15. The van der Waals surface area contributed by atoms with Gasteiger partial charge in [-0.15, -0.1) is 0 Å². The molecule has 0 bridgehead atoms. The fourth-order valence-electron chi connectivity index (χ4n) is 4.33. The van der Waals surface area contributed by atoms with Gasteiger partial charge < -0.3 is 15.1 Å². The van der Waals surface area contributed by atoms with Crippen molar-refractivity contribution in [1.29, 1.82) is 0 Å². The highest BCUT2D eigenvalue weighted by Gasteiger charge is 2.17. The van der Waals surface area contributed by atoms with Crippen molar-refractivity contribution in [3.8, 4) is 0 Å². The van der Waals surface area contributed by atoms with Crippen molar-refractivity contribution in [3.05, 3.63) is 64.8 Å². The zero-order chi connectivity index (χ0) is 21.3. The number of benzene rings is 2. The van der Waals surface area contributed by atoms with Crippen LogP contribution in [0.5, 0.6) is 0 Å². The first-order valence-electron chi connectivity index (χ1n) is 10.6. The van der Waals surface area contributed by atoms with Gasteiger partial charge in [0.05, 0.1) is 11.9 Å². The van der Waals surface area contributed by atoms with Gasteiger partial charge in [-0.2, -0.15) is 0 Å². The summed E-state index contributed by atoms with van der Waals surface area (Å²) in [6, 6.07) is 14.3. The van der Waals surface area contributed by atoms with Crippen LogP contribution in [-0.4, -0.2) is 49.0 Å². The molecule has 1 N–H and O–H groups in total. The number of amides is 1. The number of likely N-dealkylation sites (N-methyl/N-ethyl adjacent to an activating group) is 1. The van der Waals surface area contributed by atoms with Crippen LogP contribution in [0.1, 0.15) is 22.4 Å². The normalized spacial score (nSPS) is 14.9. The Morgan fingerprint density at radius 2 is 1.77 bits per heavy atom. The fourth-order valence-corrected chi connectivity index (χ4v) is 4.33. The number of aromatic nitrogens is 1. The van der Waals surface area contributed by atoms with Crippen molar-refractivity contribution in [2.75, 3.05) is 43.4 Å². The molecule has 1 aromatic heterocycles. The molecule has 0 unspecified atom stereocenters. The molecule has 2 aromatic carbocycles. The molecule has 5 heteroatoms. The van der Waals surface area contributed by atoms with E-state index in [1.54, 1.807) is 0 Å². The van der Waals surface area contributed by atoms with E-state index in [1.807, 2.05) is 31.2 Å². The van der Waals surface area contributed by atoms with Gasteiger partial charge in [0.15, 0.2) is 0 Å². The molecule has 5 nitrogen and oxygen atoms in total. The molecule has 1 amide bonds. The van der Waals surface area contributed by atoms with Gasteiger partial charge in [-0.3, -0.25) is 9.78 Å². The molecular weight excluding hydrogens is 372 g/mol. The van der Waals surface area contributed by atoms with Gasteiger partial charge in [-0.05, 0) is 68.8 Å². The summed E-state index contributed by atoms with van der Waals surface area (Å²) in [7, 11) is 2.16. The summed E-state index contributed by atoms with van der Waals surface area (Å²) in [4.78, 5) is 22.3. The quantitative estimate of drug-likeness (QED) is 0.714. The maximum atomic E-state index is 12.8. The number of rotatable bonds is 4. The molecule has 4 rings (SSSR count). The fraction of sp³-hybridized carbons (Fsp3) is 0.360. The molecule has 0 spiro atoms.